The van der Waals surface area contributed by atoms with E-state index < -0.39 is 0 Å². The monoisotopic (exact) mass is 459 g/mol. The average molecular weight is 460 g/mol. The molecule has 4 aromatic rings. The molecule has 0 radical (unpaired) electrons. The topological polar surface area (TPSA) is 88.8 Å². The molecule has 1 aliphatic heterocycles. The number of amides is 1. The Morgan fingerprint density at radius 2 is 2.03 bits per heavy atom. The first-order valence-electron chi connectivity index (χ1n) is 10.7. The highest BCUT2D eigenvalue weighted by Gasteiger charge is 2.25. The Hall–Kier alpha value is -3.78. The number of carbonyl (C=O) groups excluding carboxylic acids is 1. The van der Waals surface area contributed by atoms with E-state index >= 15 is 0 Å². The Morgan fingerprint density at radius 3 is 2.85 bits per heavy atom. The van der Waals surface area contributed by atoms with Gasteiger partial charge in [-0.05, 0) is 42.2 Å². The average Bonchev–Trinajstić information content (AvgIpc) is 3.24. The maximum atomic E-state index is 13.1. The molecule has 0 saturated carbocycles. The summed E-state index contributed by atoms with van der Waals surface area (Å²) < 4.78 is 1.71. The second-order valence-electron chi connectivity index (χ2n) is 7.85. The molecular formula is C24H22ClN7O. The van der Waals surface area contributed by atoms with Crippen LogP contribution in [0.3, 0.4) is 0 Å². The Kier molecular flexibility index (Phi) is 5.75. The van der Waals surface area contributed by atoms with Crippen molar-refractivity contribution in [3.8, 4) is 11.3 Å². The molecule has 0 bridgehead atoms. The number of halogens is 1. The number of anilines is 3. The minimum Gasteiger partial charge on any atom is -0.309 e. The highest BCUT2D eigenvalue weighted by Crippen LogP contribution is 2.30. The Morgan fingerprint density at radius 1 is 1.15 bits per heavy atom. The summed E-state index contributed by atoms with van der Waals surface area (Å²) in [6.45, 7) is 0.648. The second-order valence-corrected chi connectivity index (χ2v) is 8.26. The molecule has 1 aliphatic rings. The van der Waals surface area contributed by atoms with Gasteiger partial charge in [-0.3, -0.25) is 14.4 Å². The maximum absolute atomic E-state index is 13.1. The predicted molar refractivity (Wildman–Crippen MR) is 128 cm³/mol. The third kappa shape index (κ3) is 4.42. The van der Waals surface area contributed by atoms with Crippen LogP contribution >= 0.6 is 11.6 Å². The fourth-order valence-electron chi connectivity index (χ4n) is 3.94. The fraction of sp³-hybridized carbons (Fsp3) is 0.208. The summed E-state index contributed by atoms with van der Waals surface area (Å²) in [5.74, 6) is 1.98. The van der Waals surface area contributed by atoms with E-state index in [9.17, 15) is 4.79 Å². The molecule has 0 fully saturated rings. The van der Waals surface area contributed by atoms with Gasteiger partial charge in [-0.15, -0.1) is 0 Å². The van der Waals surface area contributed by atoms with Crippen molar-refractivity contribution in [2.24, 2.45) is 7.05 Å². The molecule has 4 heterocycles. The van der Waals surface area contributed by atoms with Gasteiger partial charge in [-0.1, -0.05) is 29.8 Å². The van der Waals surface area contributed by atoms with Crippen LogP contribution < -0.4 is 10.2 Å². The first-order chi connectivity index (χ1) is 16.1. The molecule has 1 aromatic carbocycles. The number of pyridine rings is 1. The van der Waals surface area contributed by atoms with Crippen molar-refractivity contribution in [1.82, 2.24) is 24.7 Å². The number of hydrogen-bond acceptors (Lipinski definition) is 6. The van der Waals surface area contributed by atoms with Crippen molar-refractivity contribution in [2.75, 3.05) is 16.8 Å². The molecule has 0 spiro atoms. The molecule has 8 nitrogen and oxygen atoms in total. The smallest absolute Gasteiger partial charge is 0.232 e. The van der Waals surface area contributed by atoms with Crippen LogP contribution in [0, 0.1) is 0 Å². The highest BCUT2D eigenvalue weighted by atomic mass is 35.5. The van der Waals surface area contributed by atoms with Gasteiger partial charge in [0.2, 0.25) is 11.9 Å². The molecule has 1 N–H and O–H groups in total. The quantitative estimate of drug-likeness (QED) is 0.481. The number of aromatic nitrogens is 5. The summed E-state index contributed by atoms with van der Waals surface area (Å²) in [6, 6.07) is 13.2. The number of aryl methyl sites for hydroxylation is 2. The van der Waals surface area contributed by atoms with Gasteiger partial charge in [0.25, 0.3) is 0 Å². The van der Waals surface area contributed by atoms with Crippen LogP contribution in [-0.4, -0.2) is 37.2 Å². The number of carbonyl (C=O) groups is 1. The highest BCUT2D eigenvalue weighted by molar-refractivity contribution is 6.31. The number of fused-ring (bicyclic) bond motifs is 1. The molecule has 33 heavy (non-hydrogen) atoms. The van der Waals surface area contributed by atoms with Gasteiger partial charge in [0.15, 0.2) is 0 Å². The fourth-order valence-corrected chi connectivity index (χ4v) is 4.14. The maximum Gasteiger partial charge on any atom is 0.232 e. The van der Waals surface area contributed by atoms with Crippen molar-refractivity contribution >= 4 is 35.1 Å². The Labute approximate surface area is 196 Å². The zero-order valence-electron chi connectivity index (χ0n) is 18.1. The first kappa shape index (κ1) is 21.1. The van der Waals surface area contributed by atoms with Crippen LogP contribution in [-0.2, 0) is 24.7 Å². The van der Waals surface area contributed by atoms with Crippen molar-refractivity contribution in [3.05, 3.63) is 77.2 Å². The number of hydrogen-bond donors (Lipinski definition) is 1. The standard InChI is InChI=1S/C24H22ClN7O/c1-31-21(9-11-28-31)30-24-26-10-8-20(29-24)18-13-17-6-4-12-32(23(17)27-15-18)22(33)14-16-5-2-3-7-19(16)25/h2-3,5,7-11,13,15H,4,6,12,14H2,1H3,(H,26,29,30). The van der Waals surface area contributed by atoms with E-state index in [1.165, 1.54) is 0 Å². The lowest BCUT2D eigenvalue weighted by molar-refractivity contribution is -0.118. The lowest BCUT2D eigenvalue weighted by Crippen LogP contribution is -2.37. The van der Waals surface area contributed by atoms with E-state index in [1.54, 1.807) is 34.2 Å². The minimum absolute atomic E-state index is 0.00556. The number of nitrogens with one attached hydrogen (secondary N) is 1. The van der Waals surface area contributed by atoms with Crippen molar-refractivity contribution < 1.29 is 4.79 Å². The molecule has 0 unspecified atom stereocenters. The van der Waals surface area contributed by atoms with Gasteiger partial charge in [-0.25, -0.2) is 15.0 Å². The van der Waals surface area contributed by atoms with Crippen LogP contribution in [0.4, 0.5) is 17.6 Å². The molecule has 5 rings (SSSR count). The lowest BCUT2D eigenvalue weighted by atomic mass is 10.0. The van der Waals surface area contributed by atoms with E-state index in [4.69, 9.17) is 11.6 Å². The van der Waals surface area contributed by atoms with E-state index in [-0.39, 0.29) is 12.3 Å². The SMILES string of the molecule is Cn1nccc1Nc1nccc(-c2cnc3c(c2)CCCN3C(=O)Cc2ccccc2Cl)n1. The summed E-state index contributed by atoms with van der Waals surface area (Å²) >= 11 is 6.25. The van der Waals surface area contributed by atoms with Crippen LogP contribution in [0.5, 0.6) is 0 Å². The third-order valence-electron chi connectivity index (χ3n) is 5.64. The largest absolute Gasteiger partial charge is 0.309 e. The zero-order valence-corrected chi connectivity index (χ0v) is 18.8. The summed E-state index contributed by atoms with van der Waals surface area (Å²) in [4.78, 5) is 28.4. The van der Waals surface area contributed by atoms with Crippen molar-refractivity contribution in [1.29, 1.82) is 0 Å². The summed E-state index contributed by atoms with van der Waals surface area (Å²) in [6.07, 6.45) is 7.16. The van der Waals surface area contributed by atoms with Gasteiger partial charge >= 0.3 is 0 Å². The van der Waals surface area contributed by atoms with Gasteiger partial charge in [0, 0.05) is 42.6 Å². The first-order valence-corrected chi connectivity index (χ1v) is 11.1. The molecule has 0 saturated heterocycles. The van der Waals surface area contributed by atoms with Gasteiger partial charge in [-0.2, -0.15) is 5.10 Å². The molecule has 3 aromatic heterocycles. The van der Waals surface area contributed by atoms with Gasteiger partial charge in [0.05, 0.1) is 18.3 Å². The number of benzene rings is 1. The Balaban J connectivity index is 1.39. The minimum atomic E-state index is -0.00556. The number of nitrogens with zero attached hydrogens (tertiary/aromatic N) is 6. The van der Waals surface area contributed by atoms with Crippen LogP contribution in [0.25, 0.3) is 11.3 Å². The van der Waals surface area contributed by atoms with Crippen LogP contribution in [0.15, 0.2) is 61.1 Å². The Bertz CT molecular complexity index is 1320. The van der Waals surface area contributed by atoms with Crippen molar-refractivity contribution in [2.45, 2.75) is 19.3 Å². The molecule has 0 aliphatic carbocycles. The third-order valence-corrected chi connectivity index (χ3v) is 6.01. The molecule has 1 amide bonds. The van der Waals surface area contributed by atoms with E-state index in [1.807, 2.05) is 37.4 Å². The van der Waals surface area contributed by atoms with E-state index in [2.05, 4.69) is 31.4 Å². The normalized spacial score (nSPS) is 13.0. The summed E-state index contributed by atoms with van der Waals surface area (Å²) in [5.41, 5.74) is 3.49. The molecule has 166 valence electrons. The van der Waals surface area contributed by atoms with Gasteiger partial charge in [0.1, 0.15) is 11.6 Å². The van der Waals surface area contributed by atoms with Crippen LogP contribution in [0.2, 0.25) is 5.02 Å². The number of rotatable bonds is 5. The van der Waals surface area contributed by atoms with E-state index in [0.29, 0.717) is 23.3 Å². The lowest BCUT2D eigenvalue weighted by Gasteiger charge is -2.28. The summed E-state index contributed by atoms with van der Waals surface area (Å²) in [5, 5.41) is 7.91. The van der Waals surface area contributed by atoms with Crippen molar-refractivity contribution in [3.63, 3.8) is 0 Å². The van der Waals surface area contributed by atoms with Gasteiger partial charge < -0.3 is 5.32 Å². The second kappa shape index (κ2) is 8.99. The van der Waals surface area contributed by atoms with E-state index in [0.717, 1.165) is 41.0 Å². The molecule has 9 heteroatoms. The summed E-state index contributed by atoms with van der Waals surface area (Å²) in [7, 11) is 1.85. The zero-order chi connectivity index (χ0) is 22.8. The molecular weight excluding hydrogens is 438 g/mol. The predicted octanol–water partition coefficient (Wildman–Crippen LogP) is 4.19. The molecule has 0 atom stereocenters. The van der Waals surface area contributed by atoms with Crippen LogP contribution in [0.1, 0.15) is 17.5 Å².